The van der Waals surface area contributed by atoms with E-state index in [1.807, 2.05) is 12.1 Å². The summed E-state index contributed by atoms with van der Waals surface area (Å²) in [4.78, 5) is 12.2. The molecule has 92 valence electrons. The second kappa shape index (κ2) is 4.31. The van der Waals surface area contributed by atoms with E-state index in [2.05, 4.69) is 0 Å². The van der Waals surface area contributed by atoms with Gasteiger partial charge in [-0.2, -0.15) is 0 Å². The minimum Gasteiger partial charge on any atom is -0.399 e. The molecular weight excluding hydrogens is 244 g/mol. The van der Waals surface area contributed by atoms with Gasteiger partial charge in [-0.3, -0.25) is 4.79 Å². The van der Waals surface area contributed by atoms with Gasteiger partial charge in [0.1, 0.15) is 0 Å². The average molecular weight is 258 g/mol. The molecule has 0 radical (unpaired) electrons. The molecule has 4 heteroatoms. The molecule has 0 bridgehead atoms. The van der Waals surface area contributed by atoms with E-state index in [0.717, 1.165) is 9.40 Å². The minimum atomic E-state index is 0. The normalized spacial score (nSPS) is 10.4. The van der Waals surface area contributed by atoms with Crippen LogP contribution in [0, 0.1) is 0 Å². The number of anilines is 2. The van der Waals surface area contributed by atoms with Crippen molar-refractivity contribution in [3.8, 4) is 0 Å². The maximum atomic E-state index is 12.2. The zero-order chi connectivity index (χ0) is 12.0. The van der Waals surface area contributed by atoms with Gasteiger partial charge in [0.25, 0.3) is 0 Å². The van der Waals surface area contributed by atoms with Crippen LogP contribution in [0.1, 0.15) is 7.43 Å². The first-order valence-corrected chi connectivity index (χ1v) is 5.98. The van der Waals surface area contributed by atoms with Crippen molar-refractivity contribution < 1.29 is 0 Å². The summed E-state index contributed by atoms with van der Waals surface area (Å²) in [5, 5.41) is 1.42. The van der Waals surface area contributed by atoms with Gasteiger partial charge in [-0.1, -0.05) is 7.43 Å². The second-order valence-corrected chi connectivity index (χ2v) is 5.03. The average Bonchev–Trinajstić information content (AvgIpc) is 2.28. The monoisotopic (exact) mass is 258 g/mol. The summed E-state index contributed by atoms with van der Waals surface area (Å²) >= 11 is 1.53. The lowest BCUT2D eigenvalue weighted by molar-refractivity contribution is 1.72. The van der Waals surface area contributed by atoms with Crippen LogP contribution in [0.5, 0.6) is 0 Å². The highest BCUT2D eigenvalue weighted by Crippen LogP contribution is 2.27. The van der Waals surface area contributed by atoms with Gasteiger partial charge in [-0.25, -0.2) is 0 Å². The molecule has 0 saturated heterocycles. The molecule has 0 unspecified atom stereocenters. The van der Waals surface area contributed by atoms with Crippen LogP contribution in [0.3, 0.4) is 0 Å². The van der Waals surface area contributed by atoms with Crippen molar-refractivity contribution in [2.24, 2.45) is 0 Å². The molecule has 1 heterocycles. The maximum Gasteiger partial charge on any atom is 0.195 e. The van der Waals surface area contributed by atoms with Crippen molar-refractivity contribution in [1.82, 2.24) is 0 Å². The van der Waals surface area contributed by atoms with Crippen LogP contribution in [0.4, 0.5) is 11.4 Å². The standard InChI is InChI=1S/C13H10N2OS.CH4/c14-7-1-3-9-11(5-7)17-12-6-8(15)2-4-10(12)13(9)16;/h1-6H,14-15H2;1H4. The fourth-order valence-electron chi connectivity index (χ4n) is 1.89. The van der Waals surface area contributed by atoms with Gasteiger partial charge in [0, 0.05) is 31.5 Å². The molecule has 18 heavy (non-hydrogen) atoms. The van der Waals surface area contributed by atoms with Gasteiger partial charge in [0.2, 0.25) is 0 Å². The number of benzene rings is 2. The van der Waals surface area contributed by atoms with Gasteiger partial charge in [-0.05, 0) is 36.4 Å². The Balaban J connectivity index is 0.00000120. The summed E-state index contributed by atoms with van der Waals surface area (Å²) in [6, 6.07) is 10.7. The minimum absolute atomic E-state index is 0. The second-order valence-electron chi connectivity index (χ2n) is 3.94. The molecule has 0 aliphatic heterocycles. The summed E-state index contributed by atoms with van der Waals surface area (Å²) in [5.74, 6) is 0. The van der Waals surface area contributed by atoms with E-state index in [1.165, 1.54) is 11.3 Å². The molecule has 0 aliphatic rings. The van der Waals surface area contributed by atoms with Crippen molar-refractivity contribution in [2.45, 2.75) is 7.43 Å². The third kappa shape index (κ3) is 1.80. The molecule has 0 aliphatic carbocycles. The SMILES string of the molecule is C.Nc1ccc2c(=O)c3ccc(N)cc3sc2c1. The van der Waals surface area contributed by atoms with Gasteiger partial charge in [0.15, 0.2) is 5.43 Å². The summed E-state index contributed by atoms with van der Waals surface area (Å²) in [5.41, 5.74) is 12.8. The van der Waals surface area contributed by atoms with Gasteiger partial charge >= 0.3 is 0 Å². The summed E-state index contributed by atoms with van der Waals surface area (Å²) in [6.07, 6.45) is 0. The molecule has 0 spiro atoms. The van der Waals surface area contributed by atoms with Crippen LogP contribution < -0.4 is 16.9 Å². The Hall–Kier alpha value is -2.07. The molecule has 0 fully saturated rings. The van der Waals surface area contributed by atoms with Gasteiger partial charge in [-0.15, -0.1) is 11.3 Å². The lowest BCUT2D eigenvalue weighted by atomic mass is 10.1. The Labute approximate surface area is 109 Å². The fraction of sp³-hybridized carbons (Fsp3) is 0.0714. The zero-order valence-corrected chi connectivity index (χ0v) is 9.75. The Morgan fingerprint density at radius 2 is 1.28 bits per heavy atom. The molecule has 0 saturated carbocycles. The molecule has 1 aromatic heterocycles. The van der Waals surface area contributed by atoms with Gasteiger partial charge in [0.05, 0.1) is 0 Å². The number of rotatable bonds is 0. The Bertz CT molecular complexity index is 730. The van der Waals surface area contributed by atoms with Crippen LogP contribution in [0.25, 0.3) is 20.2 Å². The first-order valence-electron chi connectivity index (χ1n) is 5.17. The molecular formula is C14H14N2OS. The van der Waals surface area contributed by atoms with Crippen molar-refractivity contribution in [3.05, 3.63) is 46.6 Å². The van der Waals surface area contributed by atoms with E-state index in [9.17, 15) is 4.79 Å². The number of nitrogen functional groups attached to an aromatic ring is 2. The van der Waals surface area contributed by atoms with Crippen molar-refractivity contribution in [3.63, 3.8) is 0 Å². The van der Waals surface area contributed by atoms with Gasteiger partial charge < -0.3 is 11.5 Å². The first kappa shape index (κ1) is 12.4. The molecule has 3 rings (SSSR count). The van der Waals surface area contributed by atoms with Crippen molar-refractivity contribution in [2.75, 3.05) is 11.5 Å². The number of hydrogen-bond acceptors (Lipinski definition) is 4. The van der Waals surface area contributed by atoms with Crippen LogP contribution in [0.15, 0.2) is 41.2 Å². The van der Waals surface area contributed by atoms with Crippen molar-refractivity contribution in [1.29, 1.82) is 0 Å². The highest BCUT2D eigenvalue weighted by molar-refractivity contribution is 7.24. The Kier molecular flexibility index (Phi) is 2.97. The van der Waals surface area contributed by atoms with Crippen LogP contribution in [-0.2, 0) is 0 Å². The summed E-state index contributed by atoms with van der Waals surface area (Å²) < 4.78 is 1.79. The molecule has 0 amide bonds. The number of fused-ring (bicyclic) bond motifs is 2. The number of nitrogens with two attached hydrogens (primary N) is 2. The molecule has 4 N–H and O–H groups in total. The van der Waals surface area contributed by atoms with E-state index >= 15 is 0 Å². The number of hydrogen-bond donors (Lipinski definition) is 2. The zero-order valence-electron chi connectivity index (χ0n) is 8.94. The van der Waals surface area contributed by atoms with E-state index in [0.29, 0.717) is 22.1 Å². The van der Waals surface area contributed by atoms with E-state index in [-0.39, 0.29) is 12.9 Å². The highest BCUT2D eigenvalue weighted by Gasteiger charge is 2.06. The third-order valence-corrected chi connectivity index (χ3v) is 3.84. The van der Waals surface area contributed by atoms with E-state index in [4.69, 9.17) is 11.5 Å². The lowest BCUT2D eigenvalue weighted by Gasteiger charge is -2.02. The maximum absolute atomic E-state index is 12.2. The lowest BCUT2D eigenvalue weighted by Crippen LogP contribution is -2.01. The molecule has 0 atom stereocenters. The quantitative estimate of drug-likeness (QED) is 0.480. The topological polar surface area (TPSA) is 69.1 Å². The van der Waals surface area contributed by atoms with Crippen LogP contribution >= 0.6 is 11.3 Å². The molecule has 2 aromatic carbocycles. The Morgan fingerprint density at radius 1 is 0.833 bits per heavy atom. The predicted molar refractivity (Wildman–Crippen MR) is 81.2 cm³/mol. The van der Waals surface area contributed by atoms with Crippen LogP contribution in [0.2, 0.25) is 0 Å². The van der Waals surface area contributed by atoms with Crippen LogP contribution in [-0.4, -0.2) is 0 Å². The largest absolute Gasteiger partial charge is 0.399 e. The summed E-state index contributed by atoms with van der Waals surface area (Å²) in [6.45, 7) is 0. The smallest absolute Gasteiger partial charge is 0.195 e. The highest BCUT2D eigenvalue weighted by atomic mass is 32.1. The first-order chi connectivity index (χ1) is 8.15. The van der Waals surface area contributed by atoms with E-state index in [1.54, 1.807) is 24.3 Å². The predicted octanol–water partition coefficient (Wildman–Crippen LogP) is 3.22. The molecule has 3 nitrogen and oxygen atoms in total. The van der Waals surface area contributed by atoms with Crippen molar-refractivity contribution >= 4 is 42.9 Å². The Morgan fingerprint density at radius 3 is 1.72 bits per heavy atom. The summed E-state index contributed by atoms with van der Waals surface area (Å²) in [7, 11) is 0. The molecule has 3 aromatic rings. The van der Waals surface area contributed by atoms with E-state index < -0.39 is 0 Å². The third-order valence-electron chi connectivity index (χ3n) is 2.72. The fourth-order valence-corrected chi connectivity index (χ4v) is 3.05.